The molecule has 0 aliphatic heterocycles. The molecule has 9 heteroatoms. The van der Waals surface area contributed by atoms with Gasteiger partial charge in [-0.3, -0.25) is 4.79 Å². The third kappa shape index (κ3) is 8.17. The molecule has 0 fully saturated rings. The van der Waals surface area contributed by atoms with E-state index < -0.39 is 10.0 Å². The van der Waals surface area contributed by atoms with Gasteiger partial charge in [-0.2, -0.15) is 4.31 Å². The van der Waals surface area contributed by atoms with Gasteiger partial charge < -0.3 is 14.4 Å². The Bertz CT molecular complexity index is 990. The van der Waals surface area contributed by atoms with Crippen molar-refractivity contribution in [2.75, 3.05) is 39.6 Å². The standard InChI is InChI=1S/C24H34N2O5S2/c1-5-7-16-33(28,29)26(13-6-2)19-24(27)25(18-21-9-8-15-32-21)14-12-20-10-11-22(30-3)23(17-20)31-4/h6,8-11,15,17H,2,5,7,12-14,16,18-19H2,1,3-4H3. The molecule has 0 atom stereocenters. The number of unbranched alkanes of at least 4 members (excludes halogenated alkanes) is 1. The molecule has 7 nitrogen and oxygen atoms in total. The summed E-state index contributed by atoms with van der Waals surface area (Å²) in [6.45, 7) is 6.39. The van der Waals surface area contributed by atoms with Crippen molar-refractivity contribution in [3.05, 3.63) is 58.8 Å². The van der Waals surface area contributed by atoms with E-state index in [-0.39, 0.29) is 24.7 Å². The number of thiophene rings is 1. The van der Waals surface area contributed by atoms with Crippen LogP contribution in [0.3, 0.4) is 0 Å². The molecule has 33 heavy (non-hydrogen) atoms. The van der Waals surface area contributed by atoms with Gasteiger partial charge >= 0.3 is 0 Å². The van der Waals surface area contributed by atoms with Gasteiger partial charge in [0, 0.05) is 18.0 Å². The highest BCUT2D eigenvalue weighted by Crippen LogP contribution is 2.28. The maximum absolute atomic E-state index is 13.3. The molecule has 0 radical (unpaired) electrons. The molecular weight excluding hydrogens is 460 g/mol. The van der Waals surface area contributed by atoms with Crippen molar-refractivity contribution in [1.82, 2.24) is 9.21 Å². The fourth-order valence-corrected chi connectivity index (χ4v) is 5.58. The normalized spacial score (nSPS) is 11.4. The van der Waals surface area contributed by atoms with Gasteiger partial charge in [-0.25, -0.2) is 8.42 Å². The molecule has 1 aromatic heterocycles. The summed E-state index contributed by atoms with van der Waals surface area (Å²) in [5.41, 5.74) is 0.996. The Morgan fingerprint density at radius 1 is 1.18 bits per heavy atom. The lowest BCUT2D eigenvalue weighted by Crippen LogP contribution is -2.44. The molecule has 0 aliphatic rings. The predicted octanol–water partition coefficient (Wildman–Crippen LogP) is 3.95. The SMILES string of the molecule is C=CCN(CC(=O)N(CCc1ccc(OC)c(OC)c1)Cc1cccs1)S(=O)(=O)CCCC. The van der Waals surface area contributed by atoms with Crippen LogP contribution in [-0.2, 0) is 27.8 Å². The van der Waals surface area contributed by atoms with E-state index >= 15 is 0 Å². The van der Waals surface area contributed by atoms with Gasteiger partial charge in [0.1, 0.15) is 0 Å². The Labute approximate surface area is 201 Å². The van der Waals surface area contributed by atoms with Crippen LogP contribution >= 0.6 is 11.3 Å². The van der Waals surface area contributed by atoms with Crippen LogP contribution in [0, 0.1) is 0 Å². The van der Waals surface area contributed by atoms with Crippen molar-refractivity contribution < 1.29 is 22.7 Å². The lowest BCUT2D eigenvalue weighted by atomic mass is 10.1. The Balaban J connectivity index is 2.18. The zero-order chi connectivity index (χ0) is 24.3. The van der Waals surface area contributed by atoms with Gasteiger partial charge in [-0.05, 0) is 42.0 Å². The number of hydrogen-bond donors (Lipinski definition) is 0. The van der Waals surface area contributed by atoms with Crippen LogP contribution in [0.15, 0.2) is 48.4 Å². The summed E-state index contributed by atoms with van der Waals surface area (Å²) in [5.74, 6) is 1.07. The third-order valence-electron chi connectivity index (χ3n) is 5.19. The fourth-order valence-electron chi connectivity index (χ4n) is 3.31. The van der Waals surface area contributed by atoms with E-state index in [0.717, 1.165) is 16.9 Å². The quantitative estimate of drug-likeness (QED) is 0.351. The highest BCUT2D eigenvalue weighted by atomic mass is 32.2. The lowest BCUT2D eigenvalue weighted by Gasteiger charge is -2.26. The van der Waals surface area contributed by atoms with E-state index in [9.17, 15) is 13.2 Å². The molecule has 0 bridgehead atoms. The van der Waals surface area contributed by atoms with Crippen molar-refractivity contribution >= 4 is 27.3 Å². The number of amides is 1. The summed E-state index contributed by atoms with van der Waals surface area (Å²) in [5, 5.41) is 1.96. The van der Waals surface area contributed by atoms with Crippen molar-refractivity contribution in [3.63, 3.8) is 0 Å². The summed E-state index contributed by atoms with van der Waals surface area (Å²) in [6.07, 6.45) is 3.44. The van der Waals surface area contributed by atoms with Crippen LogP contribution in [0.4, 0.5) is 0 Å². The number of sulfonamides is 1. The summed E-state index contributed by atoms with van der Waals surface area (Å²) in [6, 6.07) is 9.59. The van der Waals surface area contributed by atoms with Crippen molar-refractivity contribution in [2.24, 2.45) is 0 Å². The summed E-state index contributed by atoms with van der Waals surface area (Å²) < 4.78 is 37.4. The minimum absolute atomic E-state index is 0.0290. The molecule has 2 rings (SSSR count). The van der Waals surface area contributed by atoms with Crippen molar-refractivity contribution in [2.45, 2.75) is 32.7 Å². The molecule has 182 valence electrons. The van der Waals surface area contributed by atoms with Crippen LogP contribution in [0.25, 0.3) is 0 Å². The summed E-state index contributed by atoms with van der Waals surface area (Å²) in [7, 11) is -0.364. The van der Waals surface area contributed by atoms with Gasteiger partial charge in [0.2, 0.25) is 15.9 Å². The maximum atomic E-state index is 13.3. The van der Waals surface area contributed by atoms with Gasteiger partial charge in [-0.1, -0.05) is 31.6 Å². The molecule has 0 unspecified atom stereocenters. The third-order valence-corrected chi connectivity index (χ3v) is 7.92. The van der Waals surface area contributed by atoms with E-state index in [0.29, 0.717) is 37.4 Å². The first-order valence-corrected chi connectivity index (χ1v) is 13.4. The zero-order valence-corrected chi connectivity index (χ0v) is 21.3. The molecule has 1 heterocycles. The number of carbonyl (C=O) groups is 1. The van der Waals surface area contributed by atoms with E-state index in [4.69, 9.17) is 9.47 Å². The first-order valence-electron chi connectivity index (χ1n) is 10.9. The first kappa shape index (κ1) is 26.9. The summed E-state index contributed by atoms with van der Waals surface area (Å²) in [4.78, 5) is 16.0. The van der Waals surface area contributed by atoms with Gasteiger partial charge in [-0.15, -0.1) is 17.9 Å². The van der Waals surface area contributed by atoms with Crippen LogP contribution in [0.1, 0.15) is 30.2 Å². The van der Waals surface area contributed by atoms with Gasteiger partial charge in [0.05, 0.1) is 33.1 Å². The van der Waals surface area contributed by atoms with E-state index in [1.807, 2.05) is 42.6 Å². The van der Waals surface area contributed by atoms with Crippen molar-refractivity contribution in [1.29, 1.82) is 0 Å². The Kier molecular flexibility index (Phi) is 10.9. The molecule has 0 aliphatic carbocycles. The first-order chi connectivity index (χ1) is 15.8. The monoisotopic (exact) mass is 494 g/mol. The number of benzene rings is 1. The zero-order valence-electron chi connectivity index (χ0n) is 19.7. The topological polar surface area (TPSA) is 76.2 Å². The molecule has 2 aromatic rings. The largest absolute Gasteiger partial charge is 0.493 e. The van der Waals surface area contributed by atoms with Gasteiger partial charge in [0.15, 0.2) is 11.5 Å². The lowest BCUT2D eigenvalue weighted by molar-refractivity contribution is -0.131. The molecule has 0 saturated heterocycles. The van der Waals surface area contributed by atoms with Crippen LogP contribution < -0.4 is 9.47 Å². The molecule has 1 amide bonds. The van der Waals surface area contributed by atoms with E-state index in [1.165, 1.54) is 10.4 Å². The van der Waals surface area contributed by atoms with Gasteiger partial charge in [0.25, 0.3) is 0 Å². The average Bonchev–Trinajstić information content (AvgIpc) is 3.33. The Hall–Kier alpha value is -2.36. The number of ether oxygens (including phenoxy) is 2. The second-order valence-corrected chi connectivity index (χ2v) is 10.7. The maximum Gasteiger partial charge on any atom is 0.238 e. The number of nitrogens with zero attached hydrogens (tertiary/aromatic N) is 2. The number of rotatable bonds is 15. The highest BCUT2D eigenvalue weighted by molar-refractivity contribution is 7.89. The second kappa shape index (κ2) is 13.4. The number of carbonyl (C=O) groups excluding carboxylic acids is 1. The van der Waals surface area contributed by atoms with Crippen LogP contribution in [-0.4, -0.2) is 63.1 Å². The van der Waals surface area contributed by atoms with Crippen LogP contribution in [0.5, 0.6) is 11.5 Å². The predicted molar refractivity (Wildman–Crippen MR) is 133 cm³/mol. The average molecular weight is 495 g/mol. The minimum Gasteiger partial charge on any atom is -0.493 e. The van der Waals surface area contributed by atoms with E-state index in [1.54, 1.807) is 30.5 Å². The van der Waals surface area contributed by atoms with Crippen molar-refractivity contribution in [3.8, 4) is 11.5 Å². The molecule has 0 spiro atoms. The number of hydrogen-bond acceptors (Lipinski definition) is 6. The number of methoxy groups -OCH3 is 2. The van der Waals surface area contributed by atoms with E-state index in [2.05, 4.69) is 6.58 Å². The molecular formula is C24H34N2O5S2. The summed E-state index contributed by atoms with van der Waals surface area (Å²) >= 11 is 1.57. The highest BCUT2D eigenvalue weighted by Gasteiger charge is 2.26. The molecule has 1 aromatic carbocycles. The Morgan fingerprint density at radius 3 is 2.55 bits per heavy atom. The fraction of sp³-hybridized carbons (Fsp3) is 0.458. The molecule has 0 N–H and O–H groups in total. The van der Waals surface area contributed by atoms with Crippen LogP contribution in [0.2, 0.25) is 0 Å². The minimum atomic E-state index is -3.53. The second-order valence-electron chi connectivity index (χ2n) is 7.58. The molecule has 0 saturated carbocycles. The Morgan fingerprint density at radius 2 is 1.94 bits per heavy atom. The smallest absolute Gasteiger partial charge is 0.238 e.